The summed E-state index contributed by atoms with van der Waals surface area (Å²) in [7, 11) is 0. The lowest BCUT2D eigenvalue weighted by Crippen LogP contribution is -2.26. The summed E-state index contributed by atoms with van der Waals surface area (Å²) in [6.07, 6.45) is 1.61. The van der Waals surface area contributed by atoms with Crippen LogP contribution in [0.4, 0.5) is 15.9 Å². The summed E-state index contributed by atoms with van der Waals surface area (Å²) in [5.41, 5.74) is 4.18. The van der Waals surface area contributed by atoms with E-state index >= 15 is 0 Å². The maximum atomic E-state index is 13.5. The first-order chi connectivity index (χ1) is 15.5. The van der Waals surface area contributed by atoms with Gasteiger partial charge in [0.15, 0.2) is 5.82 Å². The van der Waals surface area contributed by atoms with Crippen molar-refractivity contribution in [2.45, 2.75) is 19.9 Å². The molecule has 0 saturated heterocycles. The number of nitrogens with one attached hydrogen (secondary N) is 2. The highest BCUT2D eigenvalue weighted by Gasteiger charge is 2.12. The first kappa shape index (κ1) is 21.2. The molecule has 4 rings (SSSR count). The number of carbonyl (C=O) groups excluding carboxylic acids is 1. The highest BCUT2D eigenvalue weighted by atomic mass is 19.1. The molecule has 1 aromatic heterocycles. The quantitative estimate of drug-likeness (QED) is 0.407. The Morgan fingerprint density at radius 3 is 2.44 bits per heavy atom. The van der Waals surface area contributed by atoms with Crippen LogP contribution < -0.4 is 10.6 Å². The largest absolute Gasteiger partial charge is 0.346 e. The molecule has 32 heavy (non-hydrogen) atoms. The van der Waals surface area contributed by atoms with Crippen molar-refractivity contribution >= 4 is 17.4 Å². The molecule has 5 nitrogen and oxygen atoms in total. The van der Waals surface area contributed by atoms with Gasteiger partial charge in [-0.2, -0.15) is 0 Å². The summed E-state index contributed by atoms with van der Waals surface area (Å²) in [5.74, 6) is 0.523. The molecule has 0 spiro atoms. The fraction of sp³-hybridized carbons (Fsp3) is 0.115. The lowest BCUT2D eigenvalue weighted by Gasteiger charge is -2.15. The summed E-state index contributed by atoms with van der Waals surface area (Å²) < 4.78 is 13.5. The normalized spacial score (nSPS) is 11.6. The minimum atomic E-state index is -0.338. The number of benzene rings is 3. The van der Waals surface area contributed by atoms with Gasteiger partial charge in [-0.15, -0.1) is 0 Å². The van der Waals surface area contributed by atoms with Gasteiger partial charge in [-0.3, -0.25) is 4.79 Å². The van der Waals surface area contributed by atoms with Crippen LogP contribution in [0.25, 0.3) is 11.4 Å². The smallest absolute Gasteiger partial charge is 0.251 e. The average molecular weight is 426 g/mol. The van der Waals surface area contributed by atoms with E-state index in [0.717, 1.165) is 11.3 Å². The second-order valence-corrected chi connectivity index (χ2v) is 7.58. The molecule has 1 amide bonds. The van der Waals surface area contributed by atoms with Gasteiger partial charge in [0.25, 0.3) is 5.91 Å². The molecule has 2 N–H and O–H groups in total. The SMILES string of the molecule is Cc1ccc([C@@H](C)NC(=O)c2ccc(Nc3ccnc(-c4cccc(F)c4)n3)cc2)cc1. The molecule has 3 aromatic carbocycles. The summed E-state index contributed by atoms with van der Waals surface area (Å²) in [6, 6.07) is 23.0. The van der Waals surface area contributed by atoms with Crippen molar-refractivity contribution in [2.24, 2.45) is 0 Å². The van der Waals surface area contributed by atoms with Crippen LogP contribution in [0.1, 0.15) is 34.5 Å². The first-order valence-electron chi connectivity index (χ1n) is 10.3. The van der Waals surface area contributed by atoms with Gasteiger partial charge in [0.2, 0.25) is 0 Å². The highest BCUT2D eigenvalue weighted by molar-refractivity contribution is 5.94. The number of nitrogens with zero attached hydrogens (tertiary/aromatic N) is 2. The number of halogens is 1. The van der Waals surface area contributed by atoms with Crippen molar-refractivity contribution in [3.05, 3.63) is 108 Å². The maximum absolute atomic E-state index is 13.5. The second kappa shape index (κ2) is 9.39. The van der Waals surface area contributed by atoms with Crippen LogP contribution in [0.5, 0.6) is 0 Å². The molecule has 0 bridgehead atoms. The van der Waals surface area contributed by atoms with Crippen LogP contribution in [0.2, 0.25) is 0 Å². The van der Waals surface area contributed by atoms with Crippen molar-refractivity contribution in [1.29, 1.82) is 0 Å². The standard InChI is InChI=1S/C26H23FN4O/c1-17-6-8-19(9-7-17)18(2)29-26(32)20-10-12-23(13-11-20)30-24-14-15-28-25(31-24)21-4-3-5-22(27)16-21/h3-16,18H,1-2H3,(H,29,32)(H,28,30,31)/t18-/m1/s1. The molecule has 0 radical (unpaired) electrons. The first-order valence-corrected chi connectivity index (χ1v) is 10.3. The summed E-state index contributed by atoms with van der Waals surface area (Å²) >= 11 is 0. The van der Waals surface area contributed by atoms with E-state index in [4.69, 9.17) is 0 Å². The Morgan fingerprint density at radius 1 is 0.969 bits per heavy atom. The van der Waals surface area contributed by atoms with Crippen LogP contribution in [-0.4, -0.2) is 15.9 Å². The molecule has 1 heterocycles. The lowest BCUT2D eigenvalue weighted by atomic mass is 10.1. The number of anilines is 2. The number of amides is 1. The third-order valence-corrected chi connectivity index (χ3v) is 5.08. The summed E-state index contributed by atoms with van der Waals surface area (Å²) in [6.45, 7) is 4.00. The minimum absolute atomic E-state index is 0.0943. The highest BCUT2D eigenvalue weighted by Crippen LogP contribution is 2.20. The Bertz CT molecular complexity index is 1220. The van der Waals surface area contributed by atoms with Crippen molar-refractivity contribution in [3.63, 3.8) is 0 Å². The second-order valence-electron chi connectivity index (χ2n) is 7.58. The number of carbonyl (C=O) groups is 1. The molecule has 160 valence electrons. The summed E-state index contributed by atoms with van der Waals surface area (Å²) in [5, 5.41) is 6.21. The molecule has 4 aromatic rings. The average Bonchev–Trinajstić information content (AvgIpc) is 2.80. The molecule has 0 aliphatic heterocycles. The van der Waals surface area contributed by atoms with Crippen molar-refractivity contribution < 1.29 is 9.18 Å². The maximum Gasteiger partial charge on any atom is 0.251 e. The molecule has 1 atom stereocenters. The van der Waals surface area contributed by atoms with Gasteiger partial charge < -0.3 is 10.6 Å². The van der Waals surface area contributed by atoms with Gasteiger partial charge in [0.1, 0.15) is 11.6 Å². The number of aryl methyl sites for hydroxylation is 1. The van der Waals surface area contributed by atoms with Gasteiger partial charge in [-0.25, -0.2) is 14.4 Å². The van der Waals surface area contributed by atoms with Crippen LogP contribution >= 0.6 is 0 Å². The number of hydrogen-bond acceptors (Lipinski definition) is 4. The Morgan fingerprint density at radius 2 is 1.72 bits per heavy atom. The zero-order chi connectivity index (χ0) is 22.5. The summed E-state index contributed by atoms with van der Waals surface area (Å²) in [4.78, 5) is 21.3. The van der Waals surface area contributed by atoms with E-state index in [1.807, 2.05) is 50.2 Å². The number of hydrogen-bond donors (Lipinski definition) is 2. The van der Waals surface area contributed by atoms with Crippen LogP contribution in [0.15, 0.2) is 85.1 Å². The number of rotatable bonds is 6. The van der Waals surface area contributed by atoms with Crippen LogP contribution in [0, 0.1) is 12.7 Å². The predicted molar refractivity (Wildman–Crippen MR) is 124 cm³/mol. The van der Waals surface area contributed by atoms with Crippen LogP contribution in [-0.2, 0) is 0 Å². The zero-order valence-electron chi connectivity index (χ0n) is 17.8. The minimum Gasteiger partial charge on any atom is -0.346 e. The monoisotopic (exact) mass is 426 g/mol. The molecule has 0 aliphatic rings. The Balaban J connectivity index is 1.42. The third kappa shape index (κ3) is 5.16. The molecule has 0 fully saturated rings. The Hall–Kier alpha value is -4.06. The van der Waals surface area contributed by atoms with Gasteiger partial charge in [0, 0.05) is 23.0 Å². The molecule has 6 heteroatoms. The predicted octanol–water partition coefficient (Wildman–Crippen LogP) is 5.83. The van der Waals surface area contributed by atoms with Gasteiger partial charge in [-0.05, 0) is 61.9 Å². The third-order valence-electron chi connectivity index (χ3n) is 5.08. The molecule has 0 saturated carbocycles. The van der Waals surface area contributed by atoms with Crippen molar-refractivity contribution in [3.8, 4) is 11.4 Å². The molecule has 0 aliphatic carbocycles. The molecular formula is C26H23FN4O. The van der Waals surface area contributed by atoms with Gasteiger partial charge >= 0.3 is 0 Å². The zero-order valence-corrected chi connectivity index (χ0v) is 17.8. The van der Waals surface area contributed by atoms with E-state index in [1.54, 1.807) is 36.5 Å². The van der Waals surface area contributed by atoms with Gasteiger partial charge in [-0.1, -0.05) is 42.0 Å². The van der Waals surface area contributed by atoms with E-state index in [9.17, 15) is 9.18 Å². The lowest BCUT2D eigenvalue weighted by molar-refractivity contribution is 0.0940. The van der Waals surface area contributed by atoms with E-state index < -0.39 is 0 Å². The van der Waals surface area contributed by atoms with E-state index in [1.165, 1.54) is 17.7 Å². The topological polar surface area (TPSA) is 66.9 Å². The Kier molecular flexibility index (Phi) is 6.22. The van der Waals surface area contributed by atoms with E-state index in [2.05, 4.69) is 20.6 Å². The number of aromatic nitrogens is 2. The molecular weight excluding hydrogens is 403 g/mol. The van der Waals surface area contributed by atoms with Crippen LogP contribution in [0.3, 0.4) is 0 Å². The fourth-order valence-corrected chi connectivity index (χ4v) is 3.27. The fourth-order valence-electron chi connectivity index (χ4n) is 3.27. The van der Waals surface area contributed by atoms with E-state index in [0.29, 0.717) is 22.8 Å². The van der Waals surface area contributed by atoms with Crippen molar-refractivity contribution in [1.82, 2.24) is 15.3 Å². The Labute approximate surface area is 186 Å². The molecule has 0 unspecified atom stereocenters. The van der Waals surface area contributed by atoms with Gasteiger partial charge in [0.05, 0.1) is 6.04 Å². The van der Waals surface area contributed by atoms with Crippen molar-refractivity contribution in [2.75, 3.05) is 5.32 Å². The van der Waals surface area contributed by atoms with E-state index in [-0.39, 0.29) is 17.8 Å².